The Morgan fingerprint density at radius 1 is 1.03 bits per heavy atom. The molecule has 0 unspecified atom stereocenters. The summed E-state index contributed by atoms with van der Waals surface area (Å²) in [5.74, 6) is -2.10. The van der Waals surface area contributed by atoms with Gasteiger partial charge in [-0.25, -0.2) is 14.4 Å². The molecule has 17 heteroatoms. The van der Waals surface area contributed by atoms with Crippen molar-refractivity contribution in [1.29, 1.82) is 5.26 Å². The van der Waals surface area contributed by atoms with E-state index in [4.69, 9.17) is 4.74 Å². The normalized spacial score (nSPS) is 16.2. The molecule has 2 aliphatic rings. The number of hydrogen-bond donors (Lipinski definition) is 4. The number of nitrogens with one attached hydrogen (secondary N) is 3. The van der Waals surface area contributed by atoms with Crippen LogP contribution in [0, 0.1) is 22.6 Å². The summed E-state index contributed by atoms with van der Waals surface area (Å²) in [4.78, 5) is 71.1. The highest BCUT2D eigenvalue weighted by atomic mass is 19.1. The van der Waals surface area contributed by atoms with Gasteiger partial charge in [-0.3, -0.25) is 29.1 Å². The van der Waals surface area contributed by atoms with Crippen molar-refractivity contribution < 1.29 is 33.4 Å². The van der Waals surface area contributed by atoms with Crippen LogP contribution < -0.4 is 25.6 Å². The number of benzene rings is 2. The summed E-state index contributed by atoms with van der Waals surface area (Å²) in [5, 5.41) is 28.1. The lowest BCUT2D eigenvalue weighted by Gasteiger charge is -2.37. The van der Waals surface area contributed by atoms with Gasteiger partial charge in [-0.15, -0.1) is 0 Å². The fourth-order valence-electron chi connectivity index (χ4n) is 7.04. The van der Waals surface area contributed by atoms with Crippen molar-refractivity contribution in [3.63, 3.8) is 0 Å². The summed E-state index contributed by atoms with van der Waals surface area (Å²) in [6, 6.07) is 14.1. The average Bonchev–Trinajstić information content (AvgIpc) is 3.67. The molecule has 2 fully saturated rings. The number of ether oxygens (including phenoxy) is 1. The molecule has 4 N–H and O–H groups in total. The van der Waals surface area contributed by atoms with Crippen LogP contribution in [0.2, 0.25) is 0 Å². The van der Waals surface area contributed by atoms with E-state index in [1.807, 2.05) is 31.7 Å². The molecule has 308 valence electrons. The third-order valence-corrected chi connectivity index (χ3v) is 10.2. The number of carbonyl (C=O) groups is 4. The van der Waals surface area contributed by atoms with Crippen molar-refractivity contribution >= 4 is 35.0 Å². The largest absolute Gasteiger partial charge is 0.496 e. The predicted octanol–water partition coefficient (Wildman–Crippen LogP) is 2.84. The van der Waals surface area contributed by atoms with Crippen LogP contribution in [0.4, 0.5) is 15.8 Å². The number of piperazine rings is 1. The van der Waals surface area contributed by atoms with Crippen LogP contribution in [-0.4, -0.2) is 125 Å². The molecule has 4 aromatic rings. The van der Waals surface area contributed by atoms with E-state index < -0.39 is 35.2 Å². The Bertz CT molecular complexity index is 2250. The molecule has 4 heterocycles. The van der Waals surface area contributed by atoms with Crippen LogP contribution in [0.3, 0.4) is 0 Å². The van der Waals surface area contributed by atoms with Gasteiger partial charge in [-0.1, -0.05) is 32.9 Å². The first-order valence-corrected chi connectivity index (χ1v) is 19.2. The molecule has 4 amide bonds. The maximum atomic E-state index is 14.9. The van der Waals surface area contributed by atoms with Gasteiger partial charge in [0.05, 0.1) is 54.9 Å². The maximum absolute atomic E-state index is 14.9. The highest BCUT2D eigenvalue weighted by Gasteiger charge is 2.38. The van der Waals surface area contributed by atoms with Gasteiger partial charge in [0.25, 0.3) is 5.91 Å². The Morgan fingerprint density at radius 2 is 1.81 bits per heavy atom. The third kappa shape index (κ3) is 10.1. The smallest absolute Gasteiger partial charge is 0.274 e. The summed E-state index contributed by atoms with van der Waals surface area (Å²) in [6.45, 7) is 7.75. The Hall–Kier alpha value is -6.51. The van der Waals surface area contributed by atoms with Gasteiger partial charge in [0.2, 0.25) is 17.7 Å². The number of carbonyl (C=O) groups excluding carboxylic acids is 4. The zero-order valence-electron chi connectivity index (χ0n) is 33.4. The van der Waals surface area contributed by atoms with E-state index in [1.54, 1.807) is 35.4 Å². The zero-order chi connectivity index (χ0) is 42.3. The van der Waals surface area contributed by atoms with E-state index in [0.29, 0.717) is 67.2 Å². The second-order valence-corrected chi connectivity index (χ2v) is 15.4. The molecule has 0 bridgehead atoms. The van der Waals surface area contributed by atoms with Gasteiger partial charge < -0.3 is 35.6 Å². The topological polar surface area (TPSA) is 206 Å². The first kappa shape index (κ1) is 42.1. The summed E-state index contributed by atoms with van der Waals surface area (Å²) in [5.41, 5.74) is 2.26. The number of likely N-dealkylation sites (tertiary alicyclic amines) is 1. The van der Waals surface area contributed by atoms with Gasteiger partial charge >= 0.3 is 0 Å². The lowest BCUT2D eigenvalue weighted by molar-refractivity contribution is -0.138. The molecule has 2 aromatic heterocycles. The van der Waals surface area contributed by atoms with Crippen LogP contribution in [-0.2, 0) is 14.4 Å². The quantitative estimate of drug-likeness (QED) is 0.163. The number of aliphatic hydroxyl groups excluding tert-OH is 1. The van der Waals surface area contributed by atoms with Crippen LogP contribution in [0.15, 0.2) is 67.1 Å². The number of rotatable bonds is 12. The minimum atomic E-state index is -0.829. The van der Waals surface area contributed by atoms with E-state index >= 15 is 0 Å². The highest BCUT2D eigenvalue weighted by Crippen LogP contribution is 2.35. The SMILES string of the molecule is COc1cccc(F)c1-c1nccc(C(=O)Nc2ccc(-c3cnccc3C#N)cc2N2CCN(CC(=O)NCC(=O)N[C@H](C(=O)N3CC[C@@H](O)C3)C(C)(C)C)CC2)n1. The van der Waals surface area contributed by atoms with Gasteiger partial charge in [-0.05, 0) is 53.8 Å². The van der Waals surface area contributed by atoms with E-state index in [9.17, 15) is 33.9 Å². The number of aromatic nitrogens is 3. The summed E-state index contributed by atoms with van der Waals surface area (Å²) < 4.78 is 20.2. The molecular weight excluding hydrogens is 760 g/mol. The molecule has 0 spiro atoms. The standard InChI is InChI=1S/C42H47FN10O6/c1-42(2,3)38(41(58)53-15-12-28(54)24-53)50-35(55)23-47-36(56)25-51-16-18-52(19-17-51)33-20-26(29-22-45-13-10-27(29)21-44)8-9-31(33)49-40(57)32-11-14-46-39(48-32)37-30(43)6-5-7-34(37)59-4/h5-11,13-14,20,22,28,38,54H,12,15-19,23-25H2,1-4H3,(H,47,56)(H,49,57)(H,50,55)/t28-,38-/m1/s1. The summed E-state index contributed by atoms with van der Waals surface area (Å²) >= 11 is 0. The molecule has 0 saturated carbocycles. The Balaban J connectivity index is 1.12. The Morgan fingerprint density at radius 3 is 2.51 bits per heavy atom. The molecule has 2 aliphatic heterocycles. The molecule has 2 atom stereocenters. The fraction of sp³-hybridized carbons (Fsp3) is 0.381. The van der Waals surface area contributed by atoms with Crippen molar-refractivity contribution in [1.82, 2.24) is 35.4 Å². The van der Waals surface area contributed by atoms with E-state index in [1.165, 1.54) is 37.7 Å². The number of halogens is 1. The highest BCUT2D eigenvalue weighted by molar-refractivity contribution is 6.05. The number of β-amino-alcohol motifs (C(OH)–C–C–N with tert-alkyl or cyclic N) is 1. The van der Waals surface area contributed by atoms with Crippen LogP contribution in [0.1, 0.15) is 43.2 Å². The van der Waals surface area contributed by atoms with E-state index in [2.05, 4.69) is 41.9 Å². The number of hydrogen-bond acceptors (Lipinski definition) is 12. The molecule has 0 radical (unpaired) electrons. The number of methoxy groups -OCH3 is 1. The van der Waals surface area contributed by atoms with Crippen molar-refractivity contribution in [2.75, 3.05) is 69.7 Å². The summed E-state index contributed by atoms with van der Waals surface area (Å²) in [6.07, 6.45) is 4.41. The number of nitrogens with zero attached hydrogens (tertiary/aromatic N) is 7. The fourth-order valence-corrected chi connectivity index (χ4v) is 7.04. The first-order chi connectivity index (χ1) is 28.2. The molecule has 0 aliphatic carbocycles. The number of aliphatic hydroxyl groups is 1. The zero-order valence-corrected chi connectivity index (χ0v) is 33.4. The van der Waals surface area contributed by atoms with Gasteiger partial charge in [-0.2, -0.15) is 5.26 Å². The van der Waals surface area contributed by atoms with Crippen molar-refractivity contribution in [3.8, 4) is 34.3 Å². The number of amides is 4. The van der Waals surface area contributed by atoms with Crippen LogP contribution >= 0.6 is 0 Å². The second kappa shape index (κ2) is 18.4. The molecule has 59 heavy (non-hydrogen) atoms. The lowest BCUT2D eigenvalue weighted by atomic mass is 9.85. The Labute approximate surface area is 341 Å². The van der Waals surface area contributed by atoms with Gasteiger partial charge in [0, 0.05) is 63.4 Å². The Kier molecular flexibility index (Phi) is 13.1. The summed E-state index contributed by atoms with van der Waals surface area (Å²) in [7, 11) is 1.40. The first-order valence-electron chi connectivity index (χ1n) is 19.2. The van der Waals surface area contributed by atoms with E-state index in [-0.39, 0.29) is 54.3 Å². The number of nitriles is 1. The van der Waals surface area contributed by atoms with Crippen LogP contribution in [0.5, 0.6) is 5.75 Å². The molecule has 6 rings (SSSR count). The molecule has 2 aromatic carbocycles. The van der Waals surface area contributed by atoms with Gasteiger partial charge in [0.15, 0.2) is 5.82 Å². The van der Waals surface area contributed by atoms with Crippen molar-refractivity contribution in [2.24, 2.45) is 5.41 Å². The average molecular weight is 807 g/mol. The van der Waals surface area contributed by atoms with Crippen LogP contribution in [0.25, 0.3) is 22.5 Å². The second-order valence-electron chi connectivity index (χ2n) is 15.4. The minimum absolute atomic E-state index is 0.00849. The number of pyridine rings is 1. The lowest BCUT2D eigenvalue weighted by Crippen LogP contribution is -2.56. The number of anilines is 2. The molecular formula is C42H47FN10O6. The monoisotopic (exact) mass is 806 g/mol. The molecule has 2 saturated heterocycles. The minimum Gasteiger partial charge on any atom is -0.496 e. The van der Waals surface area contributed by atoms with Gasteiger partial charge in [0.1, 0.15) is 23.3 Å². The molecule has 16 nitrogen and oxygen atoms in total. The maximum Gasteiger partial charge on any atom is 0.274 e. The van der Waals surface area contributed by atoms with Crippen molar-refractivity contribution in [2.45, 2.75) is 39.3 Å². The third-order valence-electron chi connectivity index (χ3n) is 10.2. The predicted molar refractivity (Wildman–Crippen MR) is 217 cm³/mol. The van der Waals surface area contributed by atoms with Crippen molar-refractivity contribution in [3.05, 3.63) is 84.2 Å². The van der Waals surface area contributed by atoms with E-state index in [0.717, 1.165) is 0 Å².